The molecular formula is C18H23F2NO2S. The molecule has 0 spiro atoms. The Morgan fingerprint density at radius 2 is 1.54 bits per heavy atom. The van der Waals surface area contributed by atoms with E-state index in [1.165, 1.54) is 6.07 Å². The lowest BCUT2D eigenvalue weighted by molar-refractivity contribution is -0.110. The molecular weight excluding hydrogens is 332 g/mol. The molecule has 4 saturated carbocycles. The third-order valence-corrected chi connectivity index (χ3v) is 7.79. The molecule has 4 aliphatic carbocycles. The first-order chi connectivity index (χ1) is 11.0. The van der Waals surface area contributed by atoms with E-state index in [1.807, 2.05) is 0 Å². The summed E-state index contributed by atoms with van der Waals surface area (Å²) in [5.41, 5.74) is -0.342. The zero-order valence-electron chi connectivity index (χ0n) is 14.0. The molecule has 4 aliphatic rings. The van der Waals surface area contributed by atoms with E-state index in [0.29, 0.717) is 5.92 Å². The van der Waals surface area contributed by atoms with E-state index in [-0.39, 0.29) is 10.8 Å². The maximum absolute atomic E-state index is 14.0. The summed E-state index contributed by atoms with van der Waals surface area (Å²) in [6, 6.07) is 3.15. The molecule has 3 nitrogen and oxygen atoms in total. The molecule has 0 aromatic heterocycles. The van der Waals surface area contributed by atoms with Crippen molar-refractivity contribution in [1.29, 1.82) is 0 Å². The van der Waals surface area contributed by atoms with Gasteiger partial charge in [0.15, 0.2) is 4.90 Å². The molecule has 0 heterocycles. The minimum absolute atomic E-state index is 0.116. The van der Waals surface area contributed by atoms with Crippen molar-refractivity contribution in [1.82, 2.24) is 4.72 Å². The van der Waals surface area contributed by atoms with E-state index in [9.17, 15) is 17.2 Å². The second kappa shape index (κ2) is 4.79. The lowest BCUT2D eigenvalue weighted by Gasteiger charge is -2.65. The first-order valence-corrected chi connectivity index (χ1v) is 10.0. The van der Waals surface area contributed by atoms with Crippen LogP contribution in [0.3, 0.4) is 0 Å². The fraction of sp³-hybridized carbons (Fsp3) is 0.667. The van der Waals surface area contributed by atoms with Gasteiger partial charge in [0.2, 0.25) is 10.0 Å². The van der Waals surface area contributed by atoms with Gasteiger partial charge in [-0.25, -0.2) is 21.9 Å². The summed E-state index contributed by atoms with van der Waals surface area (Å²) in [5.74, 6) is -1.58. The second-order valence-corrected chi connectivity index (χ2v) is 10.7. The van der Waals surface area contributed by atoms with Gasteiger partial charge in [0.25, 0.3) is 0 Å². The van der Waals surface area contributed by atoms with E-state index < -0.39 is 32.1 Å². The quantitative estimate of drug-likeness (QED) is 0.891. The van der Waals surface area contributed by atoms with Gasteiger partial charge in [0.05, 0.1) is 0 Å². The predicted octanol–water partition coefficient (Wildman–Crippen LogP) is 3.99. The van der Waals surface area contributed by atoms with Gasteiger partial charge >= 0.3 is 0 Å². The van der Waals surface area contributed by atoms with Crippen molar-refractivity contribution in [3.8, 4) is 0 Å². The zero-order chi connectivity index (χ0) is 17.4. The average Bonchev–Trinajstić information content (AvgIpc) is 2.31. The van der Waals surface area contributed by atoms with Gasteiger partial charge in [-0.15, -0.1) is 0 Å². The molecule has 0 radical (unpaired) electrons. The van der Waals surface area contributed by atoms with Crippen molar-refractivity contribution in [2.24, 2.45) is 16.7 Å². The summed E-state index contributed by atoms with van der Waals surface area (Å²) in [6.45, 7) is 4.45. The zero-order valence-corrected chi connectivity index (χ0v) is 14.8. The van der Waals surface area contributed by atoms with Crippen LogP contribution in [-0.4, -0.2) is 14.0 Å². The summed E-state index contributed by atoms with van der Waals surface area (Å²) in [5, 5.41) is 0. The number of hydrogen-bond donors (Lipinski definition) is 1. The molecule has 1 aromatic rings. The van der Waals surface area contributed by atoms with Crippen LogP contribution in [0.2, 0.25) is 0 Å². The monoisotopic (exact) mass is 355 g/mol. The summed E-state index contributed by atoms with van der Waals surface area (Å²) in [6.07, 6.45) is 5.63. The van der Waals surface area contributed by atoms with Crippen LogP contribution < -0.4 is 4.72 Å². The third-order valence-electron chi connectivity index (χ3n) is 6.16. The fourth-order valence-corrected chi connectivity index (χ4v) is 8.19. The SMILES string of the molecule is CC12CC3CC(C)(C1)CC(NS(=O)(=O)c1c(F)cccc1F)(C3)C2. The first-order valence-electron chi connectivity index (χ1n) is 8.52. The van der Waals surface area contributed by atoms with Gasteiger partial charge < -0.3 is 0 Å². The Morgan fingerprint density at radius 3 is 2.04 bits per heavy atom. The Balaban J connectivity index is 1.73. The highest BCUT2D eigenvalue weighted by Crippen LogP contribution is 2.66. The van der Waals surface area contributed by atoms with Crippen molar-refractivity contribution >= 4 is 10.0 Å². The molecule has 0 aliphatic heterocycles. The highest BCUT2D eigenvalue weighted by Gasteiger charge is 2.61. The van der Waals surface area contributed by atoms with Gasteiger partial charge in [0, 0.05) is 5.54 Å². The van der Waals surface area contributed by atoms with E-state index in [0.717, 1.165) is 50.7 Å². The van der Waals surface area contributed by atoms with Crippen molar-refractivity contribution in [2.45, 2.75) is 62.8 Å². The van der Waals surface area contributed by atoms with Gasteiger partial charge in [0.1, 0.15) is 11.6 Å². The Labute approximate surface area is 141 Å². The number of sulfonamides is 1. The Hall–Kier alpha value is -1.01. The van der Waals surface area contributed by atoms with Crippen LogP contribution in [0.5, 0.6) is 0 Å². The topological polar surface area (TPSA) is 46.2 Å². The number of benzene rings is 1. The smallest absolute Gasteiger partial charge is 0.207 e. The first kappa shape index (κ1) is 16.5. The molecule has 2 unspecified atom stereocenters. The van der Waals surface area contributed by atoms with Gasteiger partial charge in [-0.1, -0.05) is 19.9 Å². The number of halogens is 2. The van der Waals surface area contributed by atoms with E-state index in [1.54, 1.807) is 0 Å². The molecule has 1 N–H and O–H groups in total. The van der Waals surface area contributed by atoms with Crippen LogP contribution in [0, 0.1) is 28.4 Å². The summed E-state index contributed by atoms with van der Waals surface area (Å²) >= 11 is 0. The van der Waals surface area contributed by atoms with Crippen molar-refractivity contribution in [3.05, 3.63) is 29.8 Å². The Kier molecular flexibility index (Phi) is 3.28. The molecule has 1 aromatic carbocycles. The van der Waals surface area contributed by atoms with Crippen molar-refractivity contribution in [2.75, 3.05) is 0 Å². The largest absolute Gasteiger partial charge is 0.246 e. The summed E-state index contributed by atoms with van der Waals surface area (Å²) < 4.78 is 56.3. The second-order valence-electron chi connectivity index (χ2n) is 9.07. The molecule has 2 atom stereocenters. The minimum Gasteiger partial charge on any atom is -0.207 e. The third kappa shape index (κ3) is 2.49. The van der Waals surface area contributed by atoms with Crippen LogP contribution >= 0.6 is 0 Å². The van der Waals surface area contributed by atoms with Crippen LogP contribution in [0.4, 0.5) is 8.78 Å². The molecule has 0 saturated heterocycles. The summed E-state index contributed by atoms with van der Waals surface area (Å²) in [4.78, 5) is -0.851. The van der Waals surface area contributed by atoms with E-state index in [2.05, 4.69) is 18.6 Å². The lowest BCUT2D eigenvalue weighted by Crippen LogP contribution is -2.65. The lowest BCUT2D eigenvalue weighted by atomic mass is 9.43. The Morgan fingerprint density at radius 1 is 1.00 bits per heavy atom. The van der Waals surface area contributed by atoms with Crippen LogP contribution in [0.1, 0.15) is 52.4 Å². The number of hydrogen-bond acceptors (Lipinski definition) is 2. The van der Waals surface area contributed by atoms with Crippen LogP contribution in [0.25, 0.3) is 0 Å². The number of nitrogens with one attached hydrogen (secondary N) is 1. The Bertz CT molecular complexity index is 769. The van der Waals surface area contributed by atoms with Gasteiger partial charge in [-0.05, 0) is 67.4 Å². The summed E-state index contributed by atoms with van der Waals surface area (Å²) in [7, 11) is -4.24. The highest BCUT2D eigenvalue weighted by molar-refractivity contribution is 7.89. The van der Waals surface area contributed by atoms with Gasteiger partial charge in [-0.3, -0.25) is 0 Å². The van der Waals surface area contributed by atoms with Crippen molar-refractivity contribution in [3.63, 3.8) is 0 Å². The van der Waals surface area contributed by atoms with Crippen molar-refractivity contribution < 1.29 is 17.2 Å². The predicted molar refractivity (Wildman–Crippen MR) is 86.8 cm³/mol. The van der Waals surface area contributed by atoms with E-state index >= 15 is 0 Å². The van der Waals surface area contributed by atoms with Crippen LogP contribution in [0.15, 0.2) is 23.1 Å². The maximum Gasteiger partial charge on any atom is 0.246 e. The molecule has 6 heteroatoms. The standard InChI is InChI=1S/C18H23F2NO2S/c1-16-6-12-7-17(2,9-16)11-18(8-12,10-16)21-24(22,23)15-13(19)4-3-5-14(15)20/h3-5,12,21H,6-11H2,1-2H3. The molecule has 132 valence electrons. The molecule has 24 heavy (non-hydrogen) atoms. The molecule has 4 bridgehead atoms. The maximum atomic E-state index is 14.0. The molecule has 4 fully saturated rings. The highest BCUT2D eigenvalue weighted by atomic mass is 32.2. The normalized spacial score (nSPS) is 40.9. The van der Waals surface area contributed by atoms with Gasteiger partial charge in [-0.2, -0.15) is 0 Å². The molecule has 5 rings (SSSR count). The van der Waals surface area contributed by atoms with Crippen LogP contribution in [-0.2, 0) is 10.0 Å². The molecule has 0 amide bonds. The fourth-order valence-electron chi connectivity index (χ4n) is 6.64. The number of rotatable bonds is 3. The van der Waals surface area contributed by atoms with E-state index in [4.69, 9.17) is 0 Å². The minimum atomic E-state index is -4.24. The average molecular weight is 355 g/mol.